The van der Waals surface area contributed by atoms with Gasteiger partial charge in [0.1, 0.15) is 0 Å². The van der Waals surface area contributed by atoms with Gasteiger partial charge in [-0.15, -0.1) is 0 Å². The van der Waals surface area contributed by atoms with Gasteiger partial charge in [0, 0.05) is 38.4 Å². The molecule has 0 amide bonds. The molecule has 0 unspecified atom stereocenters. The van der Waals surface area contributed by atoms with Crippen LogP contribution in [-0.2, 0) is 6.42 Å². The predicted molar refractivity (Wildman–Crippen MR) is 125 cm³/mol. The molecule has 2 aromatic rings. The van der Waals surface area contributed by atoms with Crippen LogP contribution in [0.3, 0.4) is 0 Å². The summed E-state index contributed by atoms with van der Waals surface area (Å²) in [5.41, 5.74) is 3.74. The number of thiocarbonyl (C=S) groups is 1. The van der Waals surface area contributed by atoms with Crippen LogP contribution in [0, 0.1) is 0 Å². The molecule has 0 aliphatic carbocycles. The summed E-state index contributed by atoms with van der Waals surface area (Å²) in [6, 6.07) is 19.2. The van der Waals surface area contributed by atoms with Gasteiger partial charge in [-0.3, -0.25) is 4.90 Å². The lowest BCUT2D eigenvalue weighted by molar-refractivity contribution is 0.200. The maximum absolute atomic E-state index is 5.63. The molecule has 1 aliphatic rings. The molecule has 0 radical (unpaired) electrons. The van der Waals surface area contributed by atoms with Gasteiger partial charge in [0.05, 0.1) is 0 Å². The van der Waals surface area contributed by atoms with E-state index in [4.69, 9.17) is 12.2 Å². The number of rotatable bonds is 7. The Balaban J connectivity index is 1.40. The van der Waals surface area contributed by atoms with Gasteiger partial charge in [0.2, 0.25) is 0 Å². The van der Waals surface area contributed by atoms with E-state index < -0.39 is 0 Å². The van der Waals surface area contributed by atoms with Gasteiger partial charge in [-0.25, -0.2) is 0 Å². The van der Waals surface area contributed by atoms with E-state index in [0.717, 1.165) is 49.9 Å². The highest BCUT2D eigenvalue weighted by atomic mass is 32.1. The fourth-order valence-corrected chi connectivity index (χ4v) is 3.67. The molecule has 1 aliphatic heterocycles. The molecular formula is C24H31N3S. The van der Waals surface area contributed by atoms with E-state index in [1.54, 1.807) is 0 Å². The SMILES string of the molecule is CCCCc1ccc(NC(=S)N2CCN(C/C=C/c3ccccc3)CC2)cc1. The number of hydrogen-bond acceptors (Lipinski definition) is 2. The minimum Gasteiger partial charge on any atom is -0.346 e. The van der Waals surface area contributed by atoms with Crippen LogP contribution in [0.4, 0.5) is 5.69 Å². The van der Waals surface area contributed by atoms with Crippen LogP contribution in [0.25, 0.3) is 6.08 Å². The Morgan fingerprint density at radius 1 is 1.00 bits per heavy atom. The van der Waals surface area contributed by atoms with Crippen LogP contribution in [0.15, 0.2) is 60.7 Å². The van der Waals surface area contributed by atoms with E-state index in [2.05, 4.69) is 82.7 Å². The molecule has 1 heterocycles. The minimum atomic E-state index is 0.834. The van der Waals surface area contributed by atoms with Crippen LogP contribution in [0.2, 0.25) is 0 Å². The molecule has 148 valence electrons. The predicted octanol–water partition coefficient (Wildman–Crippen LogP) is 5.06. The highest BCUT2D eigenvalue weighted by Crippen LogP contribution is 2.13. The summed E-state index contributed by atoms with van der Waals surface area (Å²) in [6.45, 7) is 7.24. The van der Waals surface area contributed by atoms with Gasteiger partial charge < -0.3 is 10.2 Å². The van der Waals surface area contributed by atoms with Crippen LogP contribution in [0.5, 0.6) is 0 Å². The molecule has 0 saturated carbocycles. The molecule has 3 rings (SSSR count). The summed E-state index contributed by atoms with van der Waals surface area (Å²) in [4.78, 5) is 4.75. The molecule has 1 saturated heterocycles. The Kier molecular flexibility index (Phi) is 8.07. The molecule has 0 aromatic heterocycles. The van der Waals surface area contributed by atoms with E-state index in [-0.39, 0.29) is 0 Å². The number of aryl methyl sites for hydroxylation is 1. The zero-order valence-corrected chi connectivity index (χ0v) is 17.6. The first kappa shape index (κ1) is 20.6. The monoisotopic (exact) mass is 393 g/mol. The van der Waals surface area contributed by atoms with Crippen molar-refractivity contribution in [1.82, 2.24) is 9.80 Å². The number of unbranched alkanes of at least 4 members (excludes halogenated alkanes) is 1. The molecule has 0 spiro atoms. The number of anilines is 1. The van der Waals surface area contributed by atoms with Crippen molar-refractivity contribution < 1.29 is 0 Å². The molecule has 0 bridgehead atoms. The fourth-order valence-electron chi connectivity index (χ4n) is 3.37. The Labute approximate surface area is 175 Å². The van der Waals surface area contributed by atoms with Crippen molar-refractivity contribution in [2.75, 3.05) is 38.0 Å². The molecule has 1 N–H and O–H groups in total. The zero-order chi connectivity index (χ0) is 19.6. The van der Waals surface area contributed by atoms with Gasteiger partial charge in [0.15, 0.2) is 5.11 Å². The molecular weight excluding hydrogens is 362 g/mol. The average Bonchev–Trinajstić information content (AvgIpc) is 2.74. The summed E-state index contributed by atoms with van der Waals surface area (Å²) >= 11 is 5.63. The number of hydrogen-bond donors (Lipinski definition) is 1. The Bertz CT molecular complexity index is 747. The molecule has 2 aromatic carbocycles. The summed E-state index contributed by atoms with van der Waals surface area (Å²) in [5, 5.41) is 4.23. The highest BCUT2D eigenvalue weighted by Gasteiger charge is 2.18. The first-order chi connectivity index (χ1) is 13.7. The topological polar surface area (TPSA) is 18.5 Å². The van der Waals surface area contributed by atoms with Crippen molar-refractivity contribution in [2.24, 2.45) is 0 Å². The van der Waals surface area contributed by atoms with Crippen LogP contribution >= 0.6 is 12.2 Å². The van der Waals surface area contributed by atoms with E-state index in [1.165, 1.54) is 24.0 Å². The molecule has 3 nitrogen and oxygen atoms in total. The van der Waals surface area contributed by atoms with Crippen LogP contribution in [-0.4, -0.2) is 47.6 Å². The second-order valence-electron chi connectivity index (χ2n) is 7.33. The third kappa shape index (κ3) is 6.47. The van der Waals surface area contributed by atoms with E-state index in [1.807, 2.05) is 6.07 Å². The first-order valence-electron chi connectivity index (χ1n) is 10.3. The summed E-state index contributed by atoms with van der Waals surface area (Å²) in [5.74, 6) is 0. The summed E-state index contributed by atoms with van der Waals surface area (Å²) in [6.07, 6.45) is 8.08. The van der Waals surface area contributed by atoms with Crippen molar-refractivity contribution in [1.29, 1.82) is 0 Å². The molecule has 0 atom stereocenters. The van der Waals surface area contributed by atoms with Crippen molar-refractivity contribution >= 4 is 29.1 Å². The maximum Gasteiger partial charge on any atom is 0.173 e. The third-order valence-corrected chi connectivity index (χ3v) is 5.52. The minimum absolute atomic E-state index is 0.834. The van der Waals surface area contributed by atoms with Crippen molar-refractivity contribution in [3.05, 3.63) is 71.8 Å². The van der Waals surface area contributed by atoms with Gasteiger partial charge in [-0.1, -0.05) is 68.0 Å². The van der Waals surface area contributed by atoms with Gasteiger partial charge in [-0.05, 0) is 48.3 Å². The molecule has 28 heavy (non-hydrogen) atoms. The maximum atomic E-state index is 5.63. The lowest BCUT2D eigenvalue weighted by Gasteiger charge is -2.35. The van der Waals surface area contributed by atoms with E-state index >= 15 is 0 Å². The molecule has 4 heteroatoms. The summed E-state index contributed by atoms with van der Waals surface area (Å²) < 4.78 is 0. The second-order valence-corrected chi connectivity index (χ2v) is 7.72. The standard InChI is InChI=1S/C24H31N3S/c1-2-3-8-22-12-14-23(15-13-22)25-24(28)27-19-17-26(18-20-27)16-7-11-21-9-5-4-6-10-21/h4-7,9-15H,2-3,8,16-20H2,1H3,(H,25,28)/b11-7+. The van der Waals surface area contributed by atoms with Crippen molar-refractivity contribution in [3.63, 3.8) is 0 Å². The third-order valence-electron chi connectivity index (χ3n) is 5.16. The zero-order valence-electron chi connectivity index (χ0n) is 16.8. The number of piperazine rings is 1. The molecule has 1 fully saturated rings. The first-order valence-corrected chi connectivity index (χ1v) is 10.7. The van der Waals surface area contributed by atoms with Crippen molar-refractivity contribution in [2.45, 2.75) is 26.2 Å². The lowest BCUT2D eigenvalue weighted by atomic mass is 10.1. The summed E-state index contributed by atoms with van der Waals surface area (Å²) in [7, 11) is 0. The van der Waals surface area contributed by atoms with Crippen LogP contribution in [0.1, 0.15) is 30.9 Å². The quantitative estimate of drug-likeness (QED) is 0.663. The second kappa shape index (κ2) is 11.0. The Hall–Kier alpha value is -2.17. The van der Waals surface area contributed by atoms with Gasteiger partial charge in [-0.2, -0.15) is 0 Å². The lowest BCUT2D eigenvalue weighted by Crippen LogP contribution is -2.49. The smallest absolute Gasteiger partial charge is 0.173 e. The van der Waals surface area contributed by atoms with Gasteiger partial charge >= 0.3 is 0 Å². The Morgan fingerprint density at radius 2 is 1.71 bits per heavy atom. The number of nitrogens with zero attached hydrogens (tertiary/aromatic N) is 2. The normalized spacial score (nSPS) is 15.1. The average molecular weight is 394 g/mol. The number of nitrogens with one attached hydrogen (secondary N) is 1. The van der Waals surface area contributed by atoms with Crippen LogP contribution < -0.4 is 5.32 Å². The Morgan fingerprint density at radius 3 is 2.39 bits per heavy atom. The van der Waals surface area contributed by atoms with Crippen molar-refractivity contribution in [3.8, 4) is 0 Å². The highest BCUT2D eigenvalue weighted by molar-refractivity contribution is 7.80. The van der Waals surface area contributed by atoms with E-state index in [9.17, 15) is 0 Å². The largest absolute Gasteiger partial charge is 0.346 e. The van der Waals surface area contributed by atoms with Gasteiger partial charge in [0.25, 0.3) is 0 Å². The number of benzene rings is 2. The fraction of sp³-hybridized carbons (Fsp3) is 0.375. The van der Waals surface area contributed by atoms with E-state index in [0.29, 0.717) is 0 Å².